The zero-order valence-corrected chi connectivity index (χ0v) is 16.0. The Morgan fingerprint density at radius 1 is 1.18 bits per heavy atom. The number of ether oxygens (including phenoxy) is 1. The van der Waals surface area contributed by atoms with Gasteiger partial charge in [-0.2, -0.15) is 5.10 Å². The number of anilines is 1. The molecule has 0 saturated heterocycles. The Labute approximate surface area is 168 Å². The number of benzene rings is 2. The maximum atomic E-state index is 12.2. The maximum absolute atomic E-state index is 12.2. The third-order valence-electron chi connectivity index (χ3n) is 3.76. The van der Waals surface area contributed by atoms with Gasteiger partial charge in [0.15, 0.2) is 0 Å². The molecule has 0 fully saturated rings. The van der Waals surface area contributed by atoms with E-state index in [0.29, 0.717) is 27.2 Å². The summed E-state index contributed by atoms with van der Waals surface area (Å²) in [4.78, 5) is 26.4. The lowest BCUT2D eigenvalue weighted by atomic mass is 10.2. The first-order valence-corrected chi connectivity index (χ1v) is 8.63. The zero-order valence-electron chi connectivity index (χ0n) is 14.4. The summed E-state index contributed by atoms with van der Waals surface area (Å²) in [5.41, 5.74) is 1.56. The lowest BCUT2D eigenvalue weighted by Gasteiger charge is -2.10. The van der Waals surface area contributed by atoms with Crippen molar-refractivity contribution in [3.63, 3.8) is 0 Å². The summed E-state index contributed by atoms with van der Waals surface area (Å²) < 4.78 is 6.00. The maximum Gasteiger partial charge on any atom is 0.335 e. The van der Waals surface area contributed by atoms with E-state index in [2.05, 4.69) is 15.5 Å². The van der Waals surface area contributed by atoms with E-state index in [9.17, 15) is 14.7 Å². The van der Waals surface area contributed by atoms with Crippen LogP contribution >= 0.6 is 23.2 Å². The second-order valence-electron chi connectivity index (χ2n) is 5.52. The van der Waals surface area contributed by atoms with Crippen LogP contribution in [0, 0.1) is 0 Å². The summed E-state index contributed by atoms with van der Waals surface area (Å²) in [5, 5.41) is 15.2. The van der Waals surface area contributed by atoms with Crippen molar-refractivity contribution in [3.8, 4) is 17.3 Å². The quantitative estimate of drug-likeness (QED) is 0.434. The van der Waals surface area contributed by atoms with Crippen molar-refractivity contribution in [2.24, 2.45) is 5.10 Å². The van der Waals surface area contributed by atoms with Gasteiger partial charge < -0.3 is 9.84 Å². The summed E-state index contributed by atoms with van der Waals surface area (Å²) in [6, 6.07) is 11.1. The molecule has 3 aromatic rings. The molecule has 0 saturated carbocycles. The van der Waals surface area contributed by atoms with Crippen molar-refractivity contribution in [1.82, 2.24) is 9.55 Å². The number of rotatable bonds is 5. The topological polar surface area (TPSA) is 109 Å². The minimum Gasteiger partial charge on any atom is -0.497 e. The van der Waals surface area contributed by atoms with Gasteiger partial charge >= 0.3 is 5.69 Å². The summed E-state index contributed by atoms with van der Waals surface area (Å²) in [7, 11) is 1.51. The third-order valence-corrected chi connectivity index (χ3v) is 4.32. The molecule has 0 amide bonds. The van der Waals surface area contributed by atoms with Gasteiger partial charge in [0, 0.05) is 5.02 Å². The minimum absolute atomic E-state index is 0.221. The van der Waals surface area contributed by atoms with Crippen LogP contribution in [0.15, 0.2) is 57.2 Å². The molecule has 0 unspecified atom stereocenters. The number of nitrogens with one attached hydrogen (secondary N) is 2. The molecule has 0 atom stereocenters. The van der Waals surface area contributed by atoms with Crippen molar-refractivity contribution in [2.75, 3.05) is 12.5 Å². The highest BCUT2D eigenvalue weighted by molar-refractivity contribution is 6.35. The minimum atomic E-state index is -0.796. The standard InChI is InChI=1S/C18H14Cl2N4O4/c1-28-12-5-3-11(4-6-12)24-17(26)13(16(25)22-18(24)27)9-21-23-15-8-10(19)2-7-14(15)20/h2-9,23,26H,1H3,(H,22,25,27). The van der Waals surface area contributed by atoms with Gasteiger partial charge in [0.1, 0.15) is 11.3 Å². The van der Waals surface area contributed by atoms with Gasteiger partial charge in [-0.25, -0.2) is 9.36 Å². The molecule has 0 radical (unpaired) electrons. The fraction of sp³-hybridized carbons (Fsp3) is 0.0556. The lowest BCUT2D eigenvalue weighted by Crippen LogP contribution is -2.31. The Morgan fingerprint density at radius 2 is 1.89 bits per heavy atom. The zero-order chi connectivity index (χ0) is 20.3. The monoisotopic (exact) mass is 420 g/mol. The molecule has 10 heteroatoms. The average Bonchev–Trinajstić information content (AvgIpc) is 2.67. The van der Waals surface area contributed by atoms with E-state index in [4.69, 9.17) is 27.9 Å². The van der Waals surface area contributed by atoms with Crippen molar-refractivity contribution < 1.29 is 9.84 Å². The third kappa shape index (κ3) is 4.03. The van der Waals surface area contributed by atoms with E-state index in [0.717, 1.165) is 10.8 Å². The highest BCUT2D eigenvalue weighted by Gasteiger charge is 2.14. The summed E-state index contributed by atoms with van der Waals surface area (Å²) in [6.07, 6.45) is 1.07. The predicted molar refractivity (Wildman–Crippen MR) is 109 cm³/mol. The molecule has 0 aliphatic carbocycles. The first-order chi connectivity index (χ1) is 13.4. The van der Waals surface area contributed by atoms with Crippen LogP contribution in [0.25, 0.3) is 5.69 Å². The molecular formula is C18H14Cl2N4O4. The second-order valence-corrected chi connectivity index (χ2v) is 6.37. The highest BCUT2D eigenvalue weighted by atomic mass is 35.5. The molecule has 3 rings (SSSR count). The van der Waals surface area contributed by atoms with E-state index < -0.39 is 17.1 Å². The molecule has 8 nitrogen and oxygen atoms in total. The molecule has 0 bridgehead atoms. The fourth-order valence-electron chi connectivity index (χ4n) is 2.38. The Balaban J connectivity index is 1.98. The van der Waals surface area contributed by atoms with Crippen LogP contribution in [0.3, 0.4) is 0 Å². The number of methoxy groups -OCH3 is 1. The predicted octanol–water partition coefficient (Wildman–Crippen LogP) is 2.99. The molecule has 3 N–H and O–H groups in total. The van der Waals surface area contributed by atoms with Gasteiger partial charge in [0.25, 0.3) is 5.56 Å². The van der Waals surface area contributed by atoms with Crippen LogP contribution in [-0.4, -0.2) is 28.0 Å². The van der Waals surface area contributed by atoms with Gasteiger partial charge in [-0.3, -0.25) is 15.2 Å². The van der Waals surface area contributed by atoms with Gasteiger partial charge in [-0.1, -0.05) is 23.2 Å². The van der Waals surface area contributed by atoms with Crippen LogP contribution in [0.1, 0.15) is 5.56 Å². The van der Waals surface area contributed by atoms with E-state index in [-0.39, 0.29) is 5.56 Å². The summed E-state index contributed by atoms with van der Waals surface area (Å²) in [5.74, 6) is 0.00626. The lowest BCUT2D eigenvalue weighted by molar-refractivity contribution is 0.414. The molecule has 0 spiro atoms. The fourth-order valence-corrected chi connectivity index (χ4v) is 2.71. The van der Waals surface area contributed by atoms with Crippen LogP contribution in [0.4, 0.5) is 5.69 Å². The largest absolute Gasteiger partial charge is 0.497 e. The van der Waals surface area contributed by atoms with Gasteiger partial charge in [0.05, 0.1) is 29.7 Å². The van der Waals surface area contributed by atoms with E-state index in [1.807, 2.05) is 0 Å². The Bertz CT molecular complexity index is 1150. The molecule has 0 aliphatic heterocycles. The first kappa shape index (κ1) is 19.5. The summed E-state index contributed by atoms with van der Waals surface area (Å²) >= 11 is 11.9. The number of nitrogens with zero attached hydrogens (tertiary/aromatic N) is 2. The number of aromatic nitrogens is 2. The number of halogens is 2. The average molecular weight is 421 g/mol. The molecular weight excluding hydrogens is 407 g/mol. The van der Waals surface area contributed by atoms with Crippen molar-refractivity contribution in [3.05, 3.63) is 78.9 Å². The van der Waals surface area contributed by atoms with E-state index in [1.165, 1.54) is 7.11 Å². The molecule has 1 heterocycles. The molecule has 0 aliphatic rings. The Morgan fingerprint density at radius 3 is 2.57 bits per heavy atom. The smallest absolute Gasteiger partial charge is 0.335 e. The van der Waals surface area contributed by atoms with E-state index >= 15 is 0 Å². The Kier molecular flexibility index (Phi) is 5.72. The number of H-pyrrole nitrogens is 1. The van der Waals surface area contributed by atoms with Crippen LogP contribution in [0.5, 0.6) is 11.6 Å². The SMILES string of the molecule is COc1ccc(-n2c(O)c(C=NNc3cc(Cl)ccc3Cl)c(=O)[nH]c2=O)cc1. The first-order valence-electron chi connectivity index (χ1n) is 7.87. The number of hydrogen-bond donors (Lipinski definition) is 3. The number of aromatic hydroxyl groups is 1. The number of hydrazone groups is 1. The van der Waals surface area contributed by atoms with Crippen LogP contribution in [0.2, 0.25) is 10.0 Å². The van der Waals surface area contributed by atoms with Gasteiger partial charge in [-0.05, 0) is 42.5 Å². The molecule has 144 valence electrons. The van der Waals surface area contributed by atoms with Gasteiger partial charge in [-0.15, -0.1) is 0 Å². The summed E-state index contributed by atoms with van der Waals surface area (Å²) in [6.45, 7) is 0. The highest BCUT2D eigenvalue weighted by Crippen LogP contribution is 2.25. The van der Waals surface area contributed by atoms with Crippen LogP contribution in [-0.2, 0) is 0 Å². The molecule has 2 aromatic carbocycles. The van der Waals surface area contributed by atoms with Crippen molar-refractivity contribution in [2.45, 2.75) is 0 Å². The second kappa shape index (κ2) is 8.20. The Hall–Kier alpha value is -3.23. The van der Waals surface area contributed by atoms with E-state index in [1.54, 1.807) is 42.5 Å². The van der Waals surface area contributed by atoms with Crippen molar-refractivity contribution >= 4 is 35.1 Å². The van der Waals surface area contributed by atoms with Crippen molar-refractivity contribution in [1.29, 1.82) is 0 Å². The number of hydrogen-bond acceptors (Lipinski definition) is 6. The van der Waals surface area contributed by atoms with Gasteiger partial charge in [0.2, 0.25) is 5.88 Å². The molecule has 28 heavy (non-hydrogen) atoms. The normalized spacial score (nSPS) is 11.0. The van der Waals surface area contributed by atoms with Crippen LogP contribution < -0.4 is 21.4 Å². The number of aromatic amines is 1. The molecule has 1 aromatic heterocycles.